The summed E-state index contributed by atoms with van der Waals surface area (Å²) in [6.07, 6.45) is 4.63. The molecule has 7 heteroatoms. The van der Waals surface area contributed by atoms with Gasteiger partial charge in [0.2, 0.25) is 0 Å². The number of rotatable bonds is 7. The van der Waals surface area contributed by atoms with Crippen LogP contribution in [0, 0.1) is 12.7 Å². The van der Waals surface area contributed by atoms with Crippen LogP contribution < -0.4 is 0 Å². The minimum Gasteiger partial charge on any atom is -0.478 e. The summed E-state index contributed by atoms with van der Waals surface area (Å²) in [4.78, 5) is 13.9. The molecule has 5 rings (SSSR count). The van der Waals surface area contributed by atoms with Gasteiger partial charge in [0.25, 0.3) is 0 Å². The number of nitrogens with zero attached hydrogens (tertiary/aromatic N) is 1. The van der Waals surface area contributed by atoms with Crippen LogP contribution in [0.2, 0.25) is 10.0 Å². The Bertz CT molecular complexity index is 1500. The van der Waals surface area contributed by atoms with Crippen LogP contribution in [-0.2, 0) is 6.42 Å². The molecule has 0 unspecified atom stereocenters. The van der Waals surface area contributed by atoms with Crippen LogP contribution >= 0.6 is 23.2 Å². The molecule has 0 aromatic heterocycles. The van der Waals surface area contributed by atoms with E-state index in [4.69, 9.17) is 23.2 Å². The van der Waals surface area contributed by atoms with Gasteiger partial charge in [0, 0.05) is 35.2 Å². The molecule has 1 aliphatic carbocycles. The molecule has 0 spiro atoms. The third-order valence-corrected chi connectivity index (χ3v) is 8.12. The molecule has 0 bridgehead atoms. The monoisotopic (exact) mass is 567 g/mol. The summed E-state index contributed by atoms with van der Waals surface area (Å²) in [5.74, 6) is -1.31. The zero-order valence-electron chi connectivity index (χ0n) is 21.7. The SMILES string of the molecule is Cc1c(C=C2CN(CCCF)C2)ccc(C2=C(c3ccc(Cl)cc3Cl)CCCc3cc(C(=O)O)ccc32)c1F. The van der Waals surface area contributed by atoms with Crippen LogP contribution in [0.25, 0.3) is 17.2 Å². The highest BCUT2D eigenvalue weighted by atomic mass is 35.5. The summed E-state index contributed by atoms with van der Waals surface area (Å²) in [6.45, 7) is 3.73. The van der Waals surface area contributed by atoms with Crippen LogP contribution in [0.5, 0.6) is 0 Å². The van der Waals surface area contributed by atoms with Gasteiger partial charge >= 0.3 is 5.97 Å². The summed E-state index contributed by atoms with van der Waals surface area (Å²) >= 11 is 12.8. The van der Waals surface area contributed by atoms with E-state index in [1.54, 1.807) is 37.3 Å². The number of benzene rings is 3. The fourth-order valence-electron chi connectivity index (χ4n) is 5.56. The summed E-state index contributed by atoms with van der Waals surface area (Å²) < 4.78 is 28.8. The van der Waals surface area contributed by atoms with Crippen molar-refractivity contribution < 1.29 is 18.7 Å². The van der Waals surface area contributed by atoms with Gasteiger partial charge in [-0.05, 0) is 101 Å². The van der Waals surface area contributed by atoms with Crippen LogP contribution in [0.15, 0.2) is 54.1 Å². The van der Waals surface area contributed by atoms with Crippen molar-refractivity contribution in [3.8, 4) is 0 Å². The number of likely N-dealkylation sites (tertiary alicyclic amines) is 1. The first kappa shape index (κ1) is 27.6. The topological polar surface area (TPSA) is 40.5 Å². The second-order valence-electron chi connectivity index (χ2n) is 10.2. The van der Waals surface area contributed by atoms with Gasteiger partial charge in [-0.25, -0.2) is 9.18 Å². The highest BCUT2D eigenvalue weighted by Gasteiger charge is 2.26. The molecule has 202 valence electrons. The first-order valence-corrected chi connectivity index (χ1v) is 13.8. The molecule has 3 aromatic rings. The molecular formula is C32H29Cl2F2NO2. The lowest BCUT2D eigenvalue weighted by Gasteiger charge is -2.34. The van der Waals surface area contributed by atoms with Crippen molar-refractivity contribution >= 4 is 46.4 Å². The van der Waals surface area contributed by atoms with E-state index in [-0.39, 0.29) is 18.1 Å². The number of aryl methyl sites for hydroxylation is 1. The molecule has 1 aliphatic heterocycles. The molecule has 3 nitrogen and oxygen atoms in total. The van der Waals surface area contributed by atoms with Crippen LogP contribution in [0.4, 0.5) is 8.78 Å². The predicted octanol–water partition coefficient (Wildman–Crippen LogP) is 8.49. The molecule has 1 N–H and O–H groups in total. The van der Waals surface area contributed by atoms with Crippen LogP contribution in [0.3, 0.4) is 0 Å². The average Bonchev–Trinajstić information content (AvgIpc) is 3.07. The molecule has 0 saturated carbocycles. The number of carboxylic acids is 1. The highest BCUT2D eigenvalue weighted by molar-refractivity contribution is 6.36. The normalized spacial score (nSPS) is 15.6. The van der Waals surface area contributed by atoms with Crippen molar-refractivity contribution in [1.29, 1.82) is 0 Å². The van der Waals surface area contributed by atoms with Crippen molar-refractivity contribution in [2.24, 2.45) is 0 Å². The Hall–Kier alpha value is -2.99. The van der Waals surface area contributed by atoms with Crippen molar-refractivity contribution in [2.75, 3.05) is 26.3 Å². The Balaban J connectivity index is 1.64. The zero-order valence-corrected chi connectivity index (χ0v) is 23.2. The molecule has 0 amide bonds. The molecule has 1 heterocycles. The third kappa shape index (κ3) is 5.67. The number of fused-ring (bicyclic) bond motifs is 1. The van der Waals surface area contributed by atoms with E-state index in [1.165, 1.54) is 5.57 Å². The molecule has 0 atom stereocenters. The number of hydrogen-bond acceptors (Lipinski definition) is 2. The van der Waals surface area contributed by atoms with Crippen LogP contribution in [0.1, 0.15) is 63.0 Å². The number of allylic oxidation sites excluding steroid dienone is 1. The van der Waals surface area contributed by atoms with E-state index in [9.17, 15) is 14.3 Å². The van der Waals surface area contributed by atoms with Crippen molar-refractivity contribution in [1.82, 2.24) is 4.90 Å². The largest absolute Gasteiger partial charge is 0.478 e. The maximum atomic E-state index is 16.3. The van der Waals surface area contributed by atoms with E-state index < -0.39 is 5.97 Å². The fraction of sp³-hybridized carbons (Fsp3) is 0.281. The molecule has 1 fully saturated rings. The second kappa shape index (κ2) is 11.6. The minimum absolute atomic E-state index is 0.209. The smallest absolute Gasteiger partial charge is 0.335 e. The lowest BCUT2D eigenvalue weighted by molar-refractivity contribution is 0.0696. The minimum atomic E-state index is -0.993. The number of aromatic carboxylic acids is 1. The van der Waals surface area contributed by atoms with Crippen LogP contribution in [-0.4, -0.2) is 42.3 Å². The van der Waals surface area contributed by atoms with Crippen molar-refractivity contribution in [2.45, 2.75) is 32.6 Å². The van der Waals surface area contributed by atoms with Crippen molar-refractivity contribution in [3.05, 3.63) is 109 Å². The van der Waals surface area contributed by atoms with Gasteiger partial charge in [-0.2, -0.15) is 0 Å². The highest BCUT2D eigenvalue weighted by Crippen LogP contribution is 2.43. The molecule has 0 radical (unpaired) electrons. The fourth-order valence-corrected chi connectivity index (χ4v) is 6.08. The second-order valence-corrected chi connectivity index (χ2v) is 11.0. The molecule has 1 saturated heterocycles. The average molecular weight is 568 g/mol. The Kier molecular flexibility index (Phi) is 8.22. The summed E-state index contributed by atoms with van der Waals surface area (Å²) in [6, 6.07) is 14.1. The molecule has 3 aromatic carbocycles. The van der Waals surface area contributed by atoms with Gasteiger partial charge in [0.05, 0.1) is 12.2 Å². The lowest BCUT2D eigenvalue weighted by atomic mass is 9.85. The van der Waals surface area contributed by atoms with Gasteiger partial charge in [-0.3, -0.25) is 9.29 Å². The Morgan fingerprint density at radius 3 is 2.49 bits per heavy atom. The van der Waals surface area contributed by atoms with E-state index in [2.05, 4.69) is 4.90 Å². The molecule has 39 heavy (non-hydrogen) atoms. The first-order valence-electron chi connectivity index (χ1n) is 13.1. The third-order valence-electron chi connectivity index (χ3n) is 7.57. The molecule has 2 aliphatic rings. The van der Waals surface area contributed by atoms with Crippen molar-refractivity contribution in [3.63, 3.8) is 0 Å². The maximum Gasteiger partial charge on any atom is 0.335 e. The van der Waals surface area contributed by atoms with E-state index in [0.717, 1.165) is 59.5 Å². The van der Waals surface area contributed by atoms with Gasteiger partial charge in [-0.1, -0.05) is 53.5 Å². The Morgan fingerprint density at radius 2 is 1.77 bits per heavy atom. The van der Waals surface area contributed by atoms with Gasteiger partial charge in [0.1, 0.15) is 5.82 Å². The van der Waals surface area contributed by atoms with E-state index >= 15 is 4.39 Å². The predicted molar refractivity (Wildman–Crippen MR) is 155 cm³/mol. The Labute approximate surface area is 237 Å². The summed E-state index contributed by atoms with van der Waals surface area (Å²) in [5, 5.41) is 10.6. The van der Waals surface area contributed by atoms with E-state index in [0.29, 0.717) is 40.4 Å². The number of alkyl halides is 1. The lowest BCUT2D eigenvalue weighted by Crippen LogP contribution is -2.40. The summed E-state index contributed by atoms with van der Waals surface area (Å²) in [5.41, 5.74) is 7.33. The number of carbonyl (C=O) groups is 1. The van der Waals surface area contributed by atoms with Gasteiger partial charge in [0.15, 0.2) is 0 Å². The standard InChI is InChI=1S/C32H29Cl2F2NO2/c1-19-21(14-20-17-37(18-20)13-3-12-35)6-10-28(31(19)36)30-25-9-7-23(32(38)39)15-22(25)4-2-5-27(30)26-11-8-24(33)16-29(26)34/h6-11,14-16H,2-5,12-13,17-18H2,1H3,(H,38,39). The quantitative estimate of drug-likeness (QED) is 0.311. The van der Waals surface area contributed by atoms with Gasteiger partial charge < -0.3 is 5.11 Å². The van der Waals surface area contributed by atoms with Gasteiger partial charge in [-0.15, -0.1) is 0 Å². The number of hydrogen-bond donors (Lipinski definition) is 1. The first-order chi connectivity index (χ1) is 18.8. The zero-order chi connectivity index (χ0) is 27.7. The molecular weight excluding hydrogens is 539 g/mol. The summed E-state index contributed by atoms with van der Waals surface area (Å²) in [7, 11) is 0. The number of halogens is 4. The Morgan fingerprint density at radius 1 is 1.03 bits per heavy atom. The maximum absolute atomic E-state index is 16.3. The van der Waals surface area contributed by atoms with E-state index in [1.807, 2.05) is 24.3 Å². The number of carboxylic acid groups (broad SMARTS) is 1.